The van der Waals surface area contributed by atoms with Crippen LogP contribution in [0, 0.1) is 6.92 Å². The van der Waals surface area contributed by atoms with Gasteiger partial charge in [-0.3, -0.25) is 4.79 Å². The summed E-state index contributed by atoms with van der Waals surface area (Å²) >= 11 is 1.74. The number of rotatable bonds is 5. The van der Waals surface area contributed by atoms with Crippen molar-refractivity contribution in [1.82, 2.24) is 10.3 Å². The molecule has 0 aliphatic heterocycles. The number of benzene rings is 2. The Labute approximate surface area is 146 Å². The summed E-state index contributed by atoms with van der Waals surface area (Å²) in [5.41, 5.74) is 3.86. The second-order valence-corrected chi connectivity index (χ2v) is 6.89. The third kappa shape index (κ3) is 3.71. The lowest BCUT2D eigenvalue weighted by molar-refractivity contribution is 0.0951. The Kier molecular flexibility index (Phi) is 5.06. The van der Waals surface area contributed by atoms with Crippen molar-refractivity contribution in [3.8, 4) is 11.3 Å². The van der Waals surface area contributed by atoms with Gasteiger partial charge in [-0.1, -0.05) is 49.4 Å². The van der Waals surface area contributed by atoms with Crippen LogP contribution in [0.4, 0.5) is 0 Å². The van der Waals surface area contributed by atoms with Gasteiger partial charge < -0.3 is 5.32 Å². The fourth-order valence-corrected chi connectivity index (χ4v) is 3.49. The molecule has 0 aliphatic rings. The van der Waals surface area contributed by atoms with E-state index in [9.17, 15) is 4.79 Å². The van der Waals surface area contributed by atoms with Crippen molar-refractivity contribution < 1.29 is 4.79 Å². The van der Waals surface area contributed by atoms with Crippen molar-refractivity contribution in [3.05, 3.63) is 75.6 Å². The zero-order valence-electron chi connectivity index (χ0n) is 13.9. The summed E-state index contributed by atoms with van der Waals surface area (Å²) in [4.78, 5) is 18.2. The molecule has 1 amide bonds. The van der Waals surface area contributed by atoms with Crippen molar-refractivity contribution in [2.24, 2.45) is 0 Å². The summed E-state index contributed by atoms with van der Waals surface area (Å²) in [6.45, 7) is 4.70. The van der Waals surface area contributed by atoms with Crippen molar-refractivity contribution in [1.29, 1.82) is 0 Å². The maximum atomic E-state index is 12.3. The van der Waals surface area contributed by atoms with Gasteiger partial charge in [0, 0.05) is 22.5 Å². The van der Waals surface area contributed by atoms with Gasteiger partial charge in [0.15, 0.2) is 0 Å². The van der Waals surface area contributed by atoms with E-state index in [1.807, 2.05) is 61.5 Å². The van der Waals surface area contributed by atoms with Crippen LogP contribution < -0.4 is 5.32 Å². The minimum atomic E-state index is -0.0597. The van der Waals surface area contributed by atoms with Gasteiger partial charge >= 0.3 is 0 Å². The predicted molar refractivity (Wildman–Crippen MR) is 99.3 cm³/mol. The quantitative estimate of drug-likeness (QED) is 0.739. The highest BCUT2D eigenvalue weighted by Gasteiger charge is 2.11. The second-order valence-electron chi connectivity index (χ2n) is 5.60. The fraction of sp³-hybridized carbons (Fsp3) is 0.200. The SMILES string of the molecule is CCc1sc(C)nc1-c1ccc(C(=O)NCc2ccccc2)cc1. The van der Waals surface area contributed by atoms with E-state index in [2.05, 4.69) is 17.2 Å². The molecule has 4 heteroatoms. The topological polar surface area (TPSA) is 42.0 Å². The average Bonchev–Trinajstić information content (AvgIpc) is 3.01. The first-order valence-corrected chi connectivity index (χ1v) is 8.88. The first-order chi connectivity index (χ1) is 11.7. The van der Waals surface area contributed by atoms with Crippen molar-refractivity contribution in [3.63, 3.8) is 0 Å². The standard InChI is InChI=1S/C20H20N2OS/c1-3-18-19(22-14(2)24-18)16-9-11-17(12-10-16)20(23)21-13-15-7-5-4-6-8-15/h4-12H,3,13H2,1-2H3,(H,21,23). The maximum absolute atomic E-state index is 12.3. The Balaban J connectivity index is 1.71. The molecule has 0 spiro atoms. The van der Waals surface area contributed by atoms with Gasteiger partial charge in [-0.2, -0.15) is 0 Å². The molecule has 0 saturated carbocycles. The normalized spacial score (nSPS) is 10.6. The van der Waals surface area contributed by atoms with E-state index in [0.29, 0.717) is 12.1 Å². The first kappa shape index (κ1) is 16.4. The van der Waals surface area contributed by atoms with Crippen LogP contribution in [0.2, 0.25) is 0 Å². The molecule has 0 radical (unpaired) electrons. The summed E-state index contributed by atoms with van der Waals surface area (Å²) < 4.78 is 0. The van der Waals surface area contributed by atoms with E-state index in [1.165, 1.54) is 4.88 Å². The number of nitrogens with one attached hydrogen (secondary N) is 1. The zero-order chi connectivity index (χ0) is 16.9. The van der Waals surface area contributed by atoms with E-state index in [4.69, 9.17) is 0 Å². The number of thiazole rings is 1. The molecule has 0 unspecified atom stereocenters. The molecule has 0 saturated heterocycles. The largest absolute Gasteiger partial charge is 0.348 e. The van der Waals surface area contributed by atoms with Gasteiger partial charge in [-0.05, 0) is 31.0 Å². The molecule has 0 fully saturated rings. The lowest BCUT2D eigenvalue weighted by Crippen LogP contribution is -2.22. The smallest absolute Gasteiger partial charge is 0.251 e. The molecule has 0 atom stereocenters. The predicted octanol–water partition coefficient (Wildman–Crippen LogP) is 4.61. The molecule has 2 aromatic carbocycles. The number of aromatic nitrogens is 1. The third-order valence-corrected chi connectivity index (χ3v) is 4.96. The summed E-state index contributed by atoms with van der Waals surface area (Å²) in [7, 11) is 0. The van der Waals surface area contributed by atoms with Crippen LogP contribution in [0.25, 0.3) is 11.3 Å². The minimum Gasteiger partial charge on any atom is -0.348 e. The Morgan fingerprint density at radius 2 is 1.79 bits per heavy atom. The molecule has 3 rings (SSSR count). The van der Waals surface area contributed by atoms with Crippen LogP contribution in [0.1, 0.15) is 32.7 Å². The van der Waals surface area contributed by atoms with Crippen molar-refractivity contribution >= 4 is 17.2 Å². The molecule has 0 bridgehead atoms. The molecule has 0 aliphatic carbocycles. The number of aryl methyl sites for hydroxylation is 2. The molecule has 1 heterocycles. The highest BCUT2D eigenvalue weighted by Crippen LogP contribution is 2.28. The highest BCUT2D eigenvalue weighted by molar-refractivity contribution is 7.12. The Bertz CT molecular complexity index is 823. The molecular weight excluding hydrogens is 316 g/mol. The van der Waals surface area contributed by atoms with Crippen LogP contribution >= 0.6 is 11.3 Å². The Hall–Kier alpha value is -2.46. The van der Waals surface area contributed by atoms with Crippen molar-refractivity contribution in [2.75, 3.05) is 0 Å². The van der Waals surface area contributed by atoms with Crippen LogP contribution in [-0.2, 0) is 13.0 Å². The van der Waals surface area contributed by atoms with Gasteiger partial charge in [0.05, 0.1) is 10.7 Å². The van der Waals surface area contributed by atoms with E-state index in [1.54, 1.807) is 11.3 Å². The van der Waals surface area contributed by atoms with Crippen LogP contribution in [0.15, 0.2) is 54.6 Å². The van der Waals surface area contributed by atoms with E-state index >= 15 is 0 Å². The fourth-order valence-electron chi connectivity index (χ4n) is 2.59. The van der Waals surface area contributed by atoms with Gasteiger partial charge in [-0.15, -0.1) is 11.3 Å². The summed E-state index contributed by atoms with van der Waals surface area (Å²) in [5, 5.41) is 4.02. The van der Waals surface area contributed by atoms with E-state index in [0.717, 1.165) is 28.2 Å². The number of hydrogen-bond donors (Lipinski definition) is 1. The number of amides is 1. The average molecular weight is 336 g/mol. The summed E-state index contributed by atoms with van der Waals surface area (Å²) in [6, 6.07) is 17.6. The van der Waals surface area contributed by atoms with E-state index < -0.39 is 0 Å². The first-order valence-electron chi connectivity index (χ1n) is 8.06. The Morgan fingerprint density at radius 1 is 1.08 bits per heavy atom. The lowest BCUT2D eigenvalue weighted by atomic mass is 10.1. The molecule has 24 heavy (non-hydrogen) atoms. The van der Waals surface area contributed by atoms with Crippen LogP contribution in [0.3, 0.4) is 0 Å². The minimum absolute atomic E-state index is 0.0597. The summed E-state index contributed by atoms with van der Waals surface area (Å²) in [6.07, 6.45) is 0.972. The van der Waals surface area contributed by atoms with Gasteiger partial charge in [0.2, 0.25) is 0 Å². The number of hydrogen-bond acceptors (Lipinski definition) is 3. The summed E-state index contributed by atoms with van der Waals surface area (Å²) in [5.74, 6) is -0.0597. The van der Waals surface area contributed by atoms with Crippen LogP contribution in [-0.4, -0.2) is 10.9 Å². The third-order valence-electron chi connectivity index (χ3n) is 3.84. The molecule has 3 aromatic rings. The van der Waals surface area contributed by atoms with Gasteiger partial charge in [0.1, 0.15) is 0 Å². The molecule has 122 valence electrons. The monoisotopic (exact) mass is 336 g/mol. The second kappa shape index (κ2) is 7.41. The number of nitrogens with zero attached hydrogens (tertiary/aromatic N) is 1. The highest BCUT2D eigenvalue weighted by atomic mass is 32.1. The number of carbonyl (C=O) groups is 1. The molecular formula is C20H20N2OS. The van der Waals surface area contributed by atoms with Gasteiger partial charge in [-0.25, -0.2) is 4.98 Å². The Morgan fingerprint density at radius 3 is 2.46 bits per heavy atom. The lowest BCUT2D eigenvalue weighted by Gasteiger charge is -2.06. The zero-order valence-corrected chi connectivity index (χ0v) is 14.7. The van der Waals surface area contributed by atoms with Crippen LogP contribution in [0.5, 0.6) is 0 Å². The maximum Gasteiger partial charge on any atom is 0.251 e. The van der Waals surface area contributed by atoms with Crippen molar-refractivity contribution in [2.45, 2.75) is 26.8 Å². The van der Waals surface area contributed by atoms with Gasteiger partial charge in [0.25, 0.3) is 5.91 Å². The van der Waals surface area contributed by atoms with E-state index in [-0.39, 0.29) is 5.91 Å². The number of carbonyl (C=O) groups excluding carboxylic acids is 1. The molecule has 1 aromatic heterocycles. The molecule has 3 nitrogen and oxygen atoms in total. The molecule has 1 N–H and O–H groups in total.